The van der Waals surface area contributed by atoms with Gasteiger partial charge >= 0.3 is 11.6 Å². The molecular weight excluding hydrogens is 462 g/mol. The molecule has 5 aromatic rings. The molecule has 5 rings (SSSR count). The third-order valence-electron chi connectivity index (χ3n) is 5.37. The highest BCUT2D eigenvalue weighted by atomic mass is 35.5. The Balaban J connectivity index is 1.27. The van der Waals surface area contributed by atoms with Gasteiger partial charge in [0.25, 0.3) is 0 Å². The van der Waals surface area contributed by atoms with E-state index < -0.39 is 5.97 Å². The Morgan fingerprint density at radius 2 is 1.57 bits per heavy atom. The Kier molecular flexibility index (Phi) is 6.24. The fraction of sp³-hybridized carbons (Fsp3) is 0. The molecule has 0 aliphatic carbocycles. The predicted octanol–water partition coefficient (Wildman–Crippen LogP) is 7.08. The highest BCUT2D eigenvalue weighted by Crippen LogP contribution is 2.24. The lowest BCUT2D eigenvalue weighted by molar-refractivity contribution is 0.0735. The smallest absolute Gasteiger partial charge is 0.345 e. The molecule has 0 atom stereocenters. The predicted molar refractivity (Wildman–Crippen MR) is 138 cm³/mol. The summed E-state index contributed by atoms with van der Waals surface area (Å²) < 4.78 is 10.8. The van der Waals surface area contributed by atoms with Gasteiger partial charge in [-0.05, 0) is 71.8 Å². The van der Waals surface area contributed by atoms with Crippen LogP contribution in [0.3, 0.4) is 0 Å². The summed E-state index contributed by atoms with van der Waals surface area (Å²) in [6.07, 6.45) is 1.71. The average Bonchev–Trinajstić information content (AvgIpc) is 2.88. The standard InChI is InChI=1S/C29H18ClNO4/c30-26-7-3-2-6-24(26)28(32)34-23-15-9-19(10-16-23)18-31-22-13-11-20(12-14-22)25-17-21-5-1-4-8-27(21)35-29(25)33/h1-18H. The van der Waals surface area contributed by atoms with Crippen LogP contribution in [0.1, 0.15) is 15.9 Å². The molecule has 170 valence electrons. The highest BCUT2D eigenvalue weighted by Gasteiger charge is 2.12. The van der Waals surface area contributed by atoms with Crippen molar-refractivity contribution >= 4 is 40.4 Å². The Labute approximate surface area is 205 Å². The number of para-hydroxylation sites is 1. The van der Waals surface area contributed by atoms with Crippen molar-refractivity contribution < 1.29 is 13.9 Å². The number of hydrogen-bond acceptors (Lipinski definition) is 5. The molecule has 1 aromatic heterocycles. The van der Waals surface area contributed by atoms with E-state index in [-0.39, 0.29) is 5.63 Å². The number of carbonyl (C=O) groups is 1. The van der Waals surface area contributed by atoms with Crippen LogP contribution in [0.15, 0.2) is 117 Å². The Bertz CT molecular complexity index is 1600. The van der Waals surface area contributed by atoms with Crippen LogP contribution < -0.4 is 10.4 Å². The van der Waals surface area contributed by atoms with Gasteiger partial charge < -0.3 is 9.15 Å². The topological polar surface area (TPSA) is 68.9 Å². The van der Waals surface area contributed by atoms with Gasteiger partial charge in [0.05, 0.1) is 21.8 Å². The molecule has 0 aliphatic rings. The molecule has 0 spiro atoms. The number of esters is 1. The van der Waals surface area contributed by atoms with Gasteiger partial charge in [0.2, 0.25) is 0 Å². The molecule has 5 nitrogen and oxygen atoms in total. The number of benzene rings is 4. The van der Waals surface area contributed by atoms with Gasteiger partial charge in [-0.3, -0.25) is 4.99 Å². The van der Waals surface area contributed by atoms with Crippen molar-refractivity contribution in [3.05, 3.63) is 130 Å². The third-order valence-corrected chi connectivity index (χ3v) is 5.70. The van der Waals surface area contributed by atoms with Crippen LogP contribution in [0.4, 0.5) is 5.69 Å². The Hall–Kier alpha value is -4.48. The van der Waals surface area contributed by atoms with Crippen LogP contribution in [-0.4, -0.2) is 12.2 Å². The van der Waals surface area contributed by atoms with E-state index in [0.29, 0.717) is 27.5 Å². The zero-order chi connectivity index (χ0) is 24.2. The van der Waals surface area contributed by atoms with Gasteiger partial charge in [-0.1, -0.05) is 54.1 Å². The summed E-state index contributed by atoms with van der Waals surface area (Å²) >= 11 is 6.05. The minimum atomic E-state index is -0.516. The highest BCUT2D eigenvalue weighted by molar-refractivity contribution is 6.33. The summed E-state index contributed by atoms with van der Waals surface area (Å²) in [7, 11) is 0. The minimum absolute atomic E-state index is 0.310. The van der Waals surface area contributed by atoms with Crippen LogP contribution in [0.5, 0.6) is 5.75 Å². The average molecular weight is 480 g/mol. The quantitative estimate of drug-likeness (QED) is 0.117. The second-order valence-corrected chi connectivity index (χ2v) is 8.14. The van der Waals surface area contributed by atoms with Crippen LogP contribution in [0.25, 0.3) is 22.1 Å². The monoisotopic (exact) mass is 479 g/mol. The number of hydrogen-bond donors (Lipinski definition) is 0. The van der Waals surface area contributed by atoms with Crippen LogP contribution >= 0.6 is 11.6 Å². The van der Waals surface area contributed by atoms with Crippen molar-refractivity contribution in [2.75, 3.05) is 0 Å². The number of ether oxygens (including phenoxy) is 1. The van der Waals surface area contributed by atoms with Gasteiger partial charge in [0, 0.05) is 11.6 Å². The number of aliphatic imine (C=N–C) groups is 1. The van der Waals surface area contributed by atoms with E-state index in [1.165, 1.54) is 0 Å². The number of fused-ring (bicyclic) bond motifs is 1. The molecule has 0 N–H and O–H groups in total. The van der Waals surface area contributed by atoms with Crippen molar-refractivity contribution in [2.45, 2.75) is 0 Å². The van der Waals surface area contributed by atoms with Gasteiger partial charge in [0.15, 0.2) is 0 Å². The van der Waals surface area contributed by atoms with E-state index in [1.54, 1.807) is 60.8 Å². The lowest BCUT2D eigenvalue weighted by atomic mass is 10.1. The van der Waals surface area contributed by atoms with E-state index in [0.717, 1.165) is 22.2 Å². The minimum Gasteiger partial charge on any atom is -0.423 e. The second-order valence-electron chi connectivity index (χ2n) is 7.73. The molecule has 0 bridgehead atoms. The van der Waals surface area contributed by atoms with Gasteiger partial charge in [-0.15, -0.1) is 0 Å². The Morgan fingerprint density at radius 1 is 0.857 bits per heavy atom. The lowest BCUT2D eigenvalue weighted by Crippen LogP contribution is -2.08. The van der Waals surface area contributed by atoms with E-state index in [2.05, 4.69) is 4.99 Å². The Morgan fingerprint density at radius 3 is 2.34 bits per heavy atom. The van der Waals surface area contributed by atoms with E-state index >= 15 is 0 Å². The molecule has 0 radical (unpaired) electrons. The van der Waals surface area contributed by atoms with Crippen LogP contribution in [0.2, 0.25) is 5.02 Å². The molecule has 0 saturated heterocycles. The second kappa shape index (κ2) is 9.79. The summed E-state index contributed by atoms with van der Waals surface area (Å²) in [5, 5.41) is 1.21. The maximum Gasteiger partial charge on any atom is 0.345 e. The largest absolute Gasteiger partial charge is 0.423 e. The number of nitrogens with zero attached hydrogens (tertiary/aromatic N) is 1. The maximum absolute atomic E-state index is 12.4. The van der Waals surface area contributed by atoms with E-state index in [1.807, 2.05) is 48.5 Å². The van der Waals surface area contributed by atoms with Crippen molar-refractivity contribution in [3.8, 4) is 16.9 Å². The molecule has 0 amide bonds. The molecule has 6 heteroatoms. The molecule has 4 aromatic carbocycles. The molecule has 0 saturated carbocycles. The molecule has 0 unspecified atom stereocenters. The van der Waals surface area contributed by atoms with Crippen molar-refractivity contribution in [1.29, 1.82) is 0 Å². The zero-order valence-corrected chi connectivity index (χ0v) is 19.1. The summed E-state index contributed by atoms with van der Waals surface area (Å²) in [6, 6.07) is 30.3. The summed E-state index contributed by atoms with van der Waals surface area (Å²) in [5.74, 6) is -0.108. The van der Waals surface area contributed by atoms with E-state index in [9.17, 15) is 9.59 Å². The summed E-state index contributed by atoms with van der Waals surface area (Å²) in [4.78, 5) is 29.2. The summed E-state index contributed by atoms with van der Waals surface area (Å²) in [5.41, 5.74) is 3.32. The first-order chi connectivity index (χ1) is 17.1. The first-order valence-electron chi connectivity index (χ1n) is 10.8. The van der Waals surface area contributed by atoms with Gasteiger partial charge in [-0.25, -0.2) is 9.59 Å². The van der Waals surface area contributed by atoms with Crippen LogP contribution in [0, 0.1) is 0 Å². The fourth-order valence-corrected chi connectivity index (χ4v) is 3.76. The molecule has 0 aliphatic heterocycles. The van der Waals surface area contributed by atoms with Crippen LogP contribution in [-0.2, 0) is 0 Å². The molecule has 35 heavy (non-hydrogen) atoms. The fourth-order valence-electron chi connectivity index (χ4n) is 3.55. The van der Waals surface area contributed by atoms with Gasteiger partial charge in [0.1, 0.15) is 11.3 Å². The maximum atomic E-state index is 12.4. The van der Waals surface area contributed by atoms with Crippen molar-refractivity contribution in [1.82, 2.24) is 0 Å². The first-order valence-corrected chi connectivity index (χ1v) is 11.2. The molecule has 0 fully saturated rings. The third kappa shape index (κ3) is 5.05. The first kappa shape index (κ1) is 22.3. The number of rotatable bonds is 5. The van der Waals surface area contributed by atoms with Crippen molar-refractivity contribution in [2.24, 2.45) is 4.99 Å². The number of carbonyl (C=O) groups excluding carboxylic acids is 1. The molecular formula is C29H18ClNO4. The zero-order valence-electron chi connectivity index (χ0n) is 18.4. The summed E-state index contributed by atoms with van der Waals surface area (Å²) in [6.45, 7) is 0. The molecule has 1 heterocycles. The normalized spacial score (nSPS) is 11.1. The number of halogens is 1. The lowest BCUT2D eigenvalue weighted by Gasteiger charge is -2.06. The van der Waals surface area contributed by atoms with Gasteiger partial charge in [-0.2, -0.15) is 0 Å². The van der Waals surface area contributed by atoms with Crippen molar-refractivity contribution in [3.63, 3.8) is 0 Å². The van der Waals surface area contributed by atoms with E-state index in [4.69, 9.17) is 20.8 Å². The SMILES string of the molecule is O=C(Oc1ccc(C=Nc2ccc(-c3cc4ccccc4oc3=O)cc2)cc1)c1ccccc1Cl.